The molecule has 0 bridgehead atoms. The molecule has 1 fully saturated rings. The fourth-order valence-electron chi connectivity index (χ4n) is 3.16. The van der Waals surface area contributed by atoms with Crippen molar-refractivity contribution in [1.29, 1.82) is 0 Å². The summed E-state index contributed by atoms with van der Waals surface area (Å²) in [5.41, 5.74) is 1.98. The predicted molar refractivity (Wildman–Crippen MR) is 99.7 cm³/mol. The van der Waals surface area contributed by atoms with Gasteiger partial charge in [-0.2, -0.15) is 0 Å². The van der Waals surface area contributed by atoms with E-state index in [4.69, 9.17) is 0 Å². The van der Waals surface area contributed by atoms with Crippen molar-refractivity contribution < 1.29 is 13.2 Å². The number of anilines is 1. The number of hydrogen-bond acceptors (Lipinski definition) is 6. The minimum Gasteiger partial charge on any atom is -0.367 e. The molecule has 1 aliphatic heterocycles. The summed E-state index contributed by atoms with van der Waals surface area (Å²) in [7, 11) is -2.97. The standard InChI is InChI=1S/C18H22N4O3S/c1-2-22(16-6-8-26(24,25)13-16)17-9-14(10-19-12-17)18(23)21-11-15-5-3-4-7-20-15/h3-5,7,9-10,12,16H,2,6,8,11,13H2,1H3,(H,21,23). The van der Waals surface area contributed by atoms with Gasteiger partial charge >= 0.3 is 0 Å². The zero-order chi connectivity index (χ0) is 18.6. The molecule has 0 saturated carbocycles. The van der Waals surface area contributed by atoms with Crippen molar-refractivity contribution in [2.45, 2.75) is 25.9 Å². The maximum Gasteiger partial charge on any atom is 0.253 e. The van der Waals surface area contributed by atoms with E-state index in [-0.39, 0.29) is 23.5 Å². The summed E-state index contributed by atoms with van der Waals surface area (Å²) >= 11 is 0. The van der Waals surface area contributed by atoms with Crippen LogP contribution < -0.4 is 10.2 Å². The molecule has 26 heavy (non-hydrogen) atoms. The van der Waals surface area contributed by atoms with E-state index < -0.39 is 9.84 Å². The average Bonchev–Trinajstić information content (AvgIpc) is 3.01. The van der Waals surface area contributed by atoms with Gasteiger partial charge < -0.3 is 10.2 Å². The lowest BCUT2D eigenvalue weighted by molar-refractivity contribution is 0.0950. The number of hydrogen-bond donors (Lipinski definition) is 1. The molecule has 3 rings (SSSR count). The Morgan fingerprint density at radius 3 is 2.85 bits per heavy atom. The van der Waals surface area contributed by atoms with Crippen molar-refractivity contribution in [3.63, 3.8) is 0 Å². The number of aromatic nitrogens is 2. The summed E-state index contributed by atoms with van der Waals surface area (Å²) < 4.78 is 23.6. The van der Waals surface area contributed by atoms with Gasteiger partial charge in [-0.25, -0.2) is 8.42 Å². The Bertz CT molecular complexity index is 871. The zero-order valence-corrected chi connectivity index (χ0v) is 15.4. The van der Waals surface area contributed by atoms with E-state index in [1.165, 1.54) is 6.20 Å². The number of carbonyl (C=O) groups is 1. The molecule has 3 heterocycles. The number of sulfone groups is 1. The van der Waals surface area contributed by atoms with Crippen LogP contribution in [0.2, 0.25) is 0 Å². The second-order valence-corrected chi connectivity index (χ2v) is 8.51. The number of nitrogens with one attached hydrogen (secondary N) is 1. The van der Waals surface area contributed by atoms with Gasteiger partial charge in [-0.1, -0.05) is 6.07 Å². The van der Waals surface area contributed by atoms with Gasteiger partial charge in [0.25, 0.3) is 5.91 Å². The first-order valence-electron chi connectivity index (χ1n) is 8.59. The third-order valence-corrected chi connectivity index (χ3v) is 6.21. The van der Waals surface area contributed by atoms with Gasteiger partial charge in [-0.3, -0.25) is 14.8 Å². The first-order valence-corrected chi connectivity index (χ1v) is 10.4. The van der Waals surface area contributed by atoms with Crippen molar-refractivity contribution in [2.75, 3.05) is 23.0 Å². The number of carbonyl (C=O) groups excluding carboxylic acids is 1. The Morgan fingerprint density at radius 2 is 2.19 bits per heavy atom. The van der Waals surface area contributed by atoms with Crippen LogP contribution in [0.1, 0.15) is 29.4 Å². The van der Waals surface area contributed by atoms with E-state index in [1.54, 1.807) is 18.5 Å². The summed E-state index contributed by atoms with van der Waals surface area (Å²) in [4.78, 5) is 22.8. The van der Waals surface area contributed by atoms with E-state index in [0.717, 1.165) is 11.4 Å². The number of pyridine rings is 2. The molecule has 8 heteroatoms. The molecule has 1 N–H and O–H groups in total. The third-order valence-electron chi connectivity index (χ3n) is 4.46. The van der Waals surface area contributed by atoms with Crippen LogP contribution in [0.4, 0.5) is 5.69 Å². The predicted octanol–water partition coefficient (Wildman–Crippen LogP) is 1.42. The quantitative estimate of drug-likeness (QED) is 0.822. The van der Waals surface area contributed by atoms with Gasteiger partial charge in [-0.15, -0.1) is 0 Å². The minimum absolute atomic E-state index is 0.0707. The highest BCUT2D eigenvalue weighted by Gasteiger charge is 2.32. The van der Waals surface area contributed by atoms with Crippen molar-refractivity contribution >= 4 is 21.4 Å². The first kappa shape index (κ1) is 18.3. The van der Waals surface area contributed by atoms with Crippen LogP contribution in [0.15, 0.2) is 42.9 Å². The van der Waals surface area contributed by atoms with Crippen molar-refractivity contribution in [3.8, 4) is 0 Å². The molecule has 2 aromatic heterocycles. The maximum atomic E-state index is 12.4. The lowest BCUT2D eigenvalue weighted by Gasteiger charge is -2.29. The van der Waals surface area contributed by atoms with Crippen molar-refractivity contribution in [1.82, 2.24) is 15.3 Å². The molecule has 0 radical (unpaired) electrons. The molecule has 0 aliphatic carbocycles. The number of rotatable bonds is 6. The SMILES string of the molecule is CCN(c1cncc(C(=O)NCc2ccccn2)c1)C1CCS(=O)(=O)C1. The van der Waals surface area contributed by atoms with Crippen LogP contribution in [-0.2, 0) is 16.4 Å². The molecular formula is C18H22N4O3S. The van der Waals surface area contributed by atoms with Gasteiger partial charge in [0.05, 0.1) is 41.2 Å². The van der Waals surface area contributed by atoms with Crippen LogP contribution in [0.5, 0.6) is 0 Å². The molecule has 0 aromatic carbocycles. The highest BCUT2D eigenvalue weighted by Crippen LogP contribution is 2.24. The highest BCUT2D eigenvalue weighted by atomic mass is 32.2. The molecule has 1 atom stereocenters. The lowest BCUT2D eigenvalue weighted by atomic mass is 10.1. The van der Waals surface area contributed by atoms with Gasteiger partial charge in [0, 0.05) is 25.0 Å². The fourth-order valence-corrected chi connectivity index (χ4v) is 4.89. The van der Waals surface area contributed by atoms with Gasteiger partial charge in [0.15, 0.2) is 9.84 Å². The molecule has 2 aromatic rings. The van der Waals surface area contributed by atoms with Crippen LogP contribution in [0.3, 0.4) is 0 Å². The third kappa shape index (κ3) is 4.37. The molecule has 138 valence electrons. The Kier molecular flexibility index (Phi) is 5.51. The molecular weight excluding hydrogens is 352 g/mol. The molecule has 7 nitrogen and oxygen atoms in total. The summed E-state index contributed by atoms with van der Waals surface area (Å²) in [6.45, 7) is 2.96. The van der Waals surface area contributed by atoms with E-state index in [2.05, 4.69) is 15.3 Å². The molecule has 1 unspecified atom stereocenters. The van der Waals surface area contributed by atoms with Gasteiger partial charge in [-0.05, 0) is 31.5 Å². The molecule has 0 spiro atoms. The molecule has 1 amide bonds. The van der Waals surface area contributed by atoms with Gasteiger partial charge in [0.2, 0.25) is 0 Å². The van der Waals surface area contributed by atoms with E-state index in [1.807, 2.05) is 30.0 Å². The smallest absolute Gasteiger partial charge is 0.253 e. The maximum absolute atomic E-state index is 12.4. The first-order chi connectivity index (χ1) is 12.5. The van der Waals surface area contributed by atoms with Gasteiger partial charge in [0.1, 0.15) is 0 Å². The summed E-state index contributed by atoms with van der Waals surface area (Å²) in [5.74, 6) is 0.128. The second-order valence-electron chi connectivity index (χ2n) is 6.28. The summed E-state index contributed by atoms with van der Waals surface area (Å²) in [6, 6.07) is 7.22. The topological polar surface area (TPSA) is 92.3 Å². The van der Waals surface area contributed by atoms with Crippen LogP contribution in [0.25, 0.3) is 0 Å². The van der Waals surface area contributed by atoms with Crippen molar-refractivity contribution in [2.24, 2.45) is 0 Å². The number of nitrogens with zero attached hydrogens (tertiary/aromatic N) is 3. The Hall–Kier alpha value is -2.48. The Labute approximate surface area is 153 Å². The normalized spacial score (nSPS) is 18.4. The summed E-state index contributed by atoms with van der Waals surface area (Å²) in [5, 5.41) is 2.83. The molecule has 1 aliphatic rings. The second kappa shape index (κ2) is 7.82. The van der Waals surface area contributed by atoms with E-state index in [0.29, 0.717) is 25.1 Å². The molecule has 1 saturated heterocycles. The van der Waals surface area contributed by atoms with Crippen LogP contribution in [0, 0.1) is 0 Å². The Balaban J connectivity index is 1.71. The Morgan fingerprint density at radius 1 is 1.35 bits per heavy atom. The van der Waals surface area contributed by atoms with Crippen molar-refractivity contribution in [3.05, 3.63) is 54.1 Å². The monoisotopic (exact) mass is 374 g/mol. The van der Waals surface area contributed by atoms with E-state index >= 15 is 0 Å². The zero-order valence-electron chi connectivity index (χ0n) is 14.6. The fraction of sp³-hybridized carbons (Fsp3) is 0.389. The number of amides is 1. The van der Waals surface area contributed by atoms with Crippen LogP contribution >= 0.6 is 0 Å². The highest BCUT2D eigenvalue weighted by molar-refractivity contribution is 7.91. The van der Waals surface area contributed by atoms with E-state index in [9.17, 15) is 13.2 Å². The largest absolute Gasteiger partial charge is 0.367 e. The van der Waals surface area contributed by atoms with Crippen LogP contribution in [-0.4, -0.2) is 48.4 Å². The average molecular weight is 374 g/mol. The lowest BCUT2D eigenvalue weighted by Crippen LogP contribution is -2.36. The summed E-state index contributed by atoms with van der Waals surface area (Å²) in [6.07, 6.45) is 5.46. The minimum atomic E-state index is -2.97.